The second-order valence-electron chi connectivity index (χ2n) is 5.16. The number of hydrogen-bond donors (Lipinski definition) is 1. The van der Waals surface area contributed by atoms with Gasteiger partial charge in [-0.1, -0.05) is 42.5 Å². The highest BCUT2D eigenvalue weighted by atomic mass is 32.1. The summed E-state index contributed by atoms with van der Waals surface area (Å²) in [5, 5.41) is 3.40. The highest BCUT2D eigenvalue weighted by Crippen LogP contribution is 2.35. The molecule has 1 aromatic heterocycles. The topological polar surface area (TPSA) is 26.0 Å². The molecule has 0 amide bonds. The van der Waals surface area contributed by atoms with Gasteiger partial charge in [-0.2, -0.15) is 0 Å². The van der Waals surface area contributed by atoms with Crippen LogP contribution in [0.5, 0.6) is 0 Å². The molecule has 1 unspecified atom stereocenters. The lowest BCUT2D eigenvalue weighted by Gasteiger charge is -2.28. The molecule has 1 heterocycles. The van der Waals surface area contributed by atoms with E-state index in [0.717, 1.165) is 0 Å². The Labute approximate surface area is 117 Å². The first-order valence-corrected chi connectivity index (χ1v) is 7.30. The summed E-state index contributed by atoms with van der Waals surface area (Å²) in [7, 11) is 0. The fourth-order valence-corrected chi connectivity index (χ4v) is 3.73. The summed E-state index contributed by atoms with van der Waals surface area (Å²) in [4.78, 5) is 0. The number of rotatable bonds is 2. The number of nitrogens with two attached hydrogens (primary N) is 1. The van der Waals surface area contributed by atoms with Gasteiger partial charge in [0.1, 0.15) is 0 Å². The Balaban J connectivity index is 2.25. The maximum absolute atomic E-state index is 6.69. The first-order valence-electron chi connectivity index (χ1n) is 6.42. The lowest BCUT2D eigenvalue weighted by Crippen LogP contribution is -2.35. The van der Waals surface area contributed by atoms with Crippen LogP contribution in [0.25, 0.3) is 10.1 Å². The molecule has 0 aliphatic rings. The molecule has 0 aliphatic heterocycles. The van der Waals surface area contributed by atoms with Gasteiger partial charge in [0.05, 0.1) is 5.54 Å². The molecule has 0 spiro atoms. The van der Waals surface area contributed by atoms with Crippen LogP contribution in [0.2, 0.25) is 0 Å². The van der Waals surface area contributed by atoms with E-state index in [0.29, 0.717) is 0 Å². The Bertz CT molecular complexity index is 725. The first kappa shape index (κ1) is 12.4. The van der Waals surface area contributed by atoms with E-state index < -0.39 is 5.54 Å². The molecule has 0 bridgehead atoms. The van der Waals surface area contributed by atoms with Gasteiger partial charge < -0.3 is 5.73 Å². The van der Waals surface area contributed by atoms with Crippen LogP contribution in [0.15, 0.2) is 53.9 Å². The van der Waals surface area contributed by atoms with Crippen LogP contribution in [-0.2, 0) is 5.54 Å². The molecular formula is C17H17NS. The van der Waals surface area contributed by atoms with E-state index in [1.807, 2.05) is 0 Å². The number of aryl methyl sites for hydroxylation is 1. The molecule has 19 heavy (non-hydrogen) atoms. The molecule has 1 atom stereocenters. The molecule has 2 N–H and O–H groups in total. The summed E-state index contributed by atoms with van der Waals surface area (Å²) in [5.74, 6) is 0. The summed E-state index contributed by atoms with van der Waals surface area (Å²) >= 11 is 1.76. The van der Waals surface area contributed by atoms with Crippen molar-refractivity contribution in [2.45, 2.75) is 19.4 Å². The lowest BCUT2D eigenvalue weighted by atomic mass is 9.83. The second-order valence-corrected chi connectivity index (χ2v) is 6.08. The van der Waals surface area contributed by atoms with Gasteiger partial charge in [0.15, 0.2) is 0 Å². The Hall–Kier alpha value is -1.64. The molecule has 0 saturated heterocycles. The Kier molecular flexibility index (Phi) is 2.92. The predicted octanol–water partition coefficient (Wildman–Crippen LogP) is 4.43. The van der Waals surface area contributed by atoms with Crippen molar-refractivity contribution in [2.75, 3.05) is 0 Å². The summed E-state index contributed by atoms with van der Waals surface area (Å²) in [6, 6.07) is 16.9. The Morgan fingerprint density at radius 3 is 2.47 bits per heavy atom. The Morgan fingerprint density at radius 2 is 1.68 bits per heavy atom. The van der Waals surface area contributed by atoms with E-state index in [-0.39, 0.29) is 0 Å². The van der Waals surface area contributed by atoms with E-state index in [9.17, 15) is 0 Å². The van der Waals surface area contributed by atoms with E-state index >= 15 is 0 Å². The Morgan fingerprint density at radius 1 is 0.947 bits per heavy atom. The largest absolute Gasteiger partial charge is 0.318 e. The van der Waals surface area contributed by atoms with Crippen molar-refractivity contribution in [3.05, 3.63) is 70.6 Å². The van der Waals surface area contributed by atoms with E-state index in [4.69, 9.17) is 5.73 Å². The van der Waals surface area contributed by atoms with E-state index in [2.05, 4.69) is 67.8 Å². The zero-order chi connectivity index (χ0) is 13.5. The average molecular weight is 267 g/mol. The van der Waals surface area contributed by atoms with Crippen molar-refractivity contribution >= 4 is 21.4 Å². The number of fused-ring (bicyclic) bond motifs is 1. The standard InChI is InChI=1S/C17H17NS/c1-12-6-3-4-8-14(12)17(2,18)15-9-5-7-13-10-11-19-16(13)15/h3-11H,18H2,1-2H3. The normalized spacial score (nSPS) is 14.5. The highest BCUT2D eigenvalue weighted by molar-refractivity contribution is 7.17. The van der Waals surface area contributed by atoms with Gasteiger partial charge in [-0.3, -0.25) is 0 Å². The molecule has 96 valence electrons. The zero-order valence-corrected chi connectivity index (χ0v) is 12.0. The van der Waals surface area contributed by atoms with Crippen LogP contribution in [0.3, 0.4) is 0 Å². The third-order valence-corrected chi connectivity index (χ3v) is 4.71. The van der Waals surface area contributed by atoms with Gasteiger partial charge in [-0.05, 0) is 47.4 Å². The molecule has 1 nitrogen and oxygen atoms in total. The average Bonchev–Trinajstić information content (AvgIpc) is 2.86. The van der Waals surface area contributed by atoms with Gasteiger partial charge in [0.25, 0.3) is 0 Å². The second kappa shape index (κ2) is 4.48. The van der Waals surface area contributed by atoms with Gasteiger partial charge in [0, 0.05) is 4.70 Å². The molecule has 3 rings (SSSR count). The predicted molar refractivity (Wildman–Crippen MR) is 83.6 cm³/mol. The van der Waals surface area contributed by atoms with Crippen LogP contribution in [0.4, 0.5) is 0 Å². The molecule has 0 aliphatic carbocycles. The SMILES string of the molecule is Cc1ccccc1C(C)(N)c1cccc2ccsc12. The number of benzene rings is 2. The molecular weight excluding hydrogens is 250 g/mol. The molecule has 2 heteroatoms. The van der Waals surface area contributed by atoms with Crippen LogP contribution in [0, 0.1) is 6.92 Å². The summed E-state index contributed by atoms with van der Waals surface area (Å²) in [6.45, 7) is 4.22. The molecule has 0 fully saturated rings. The highest BCUT2D eigenvalue weighted by Gasteiger charge is 2.27. The molecule has 3 aromatic rings. The van der Waals surface area contributed by atoms with Crippen LogP contribution >= 0.6 is 11.3 Å². The fraction of sp³-hybridized carbons (Fsp3) is 0.176. The maximum Gasteiger partial charge on any atom is 0.0653 e. The smallest absolute Gasteiger partial charge is 0.0653 e. The summed E-state index contributed by atoms with van der Waals surface area (Å²) in [5.41, 5.74) is 9.86. The molecule has 0 radical (unpaired) electrons. The van der Waals surface area contributed by atoms with Crippen LogP contribution in [-0.4, -0.2) is 0 Å². The third-order valence-electron chi connectivity index (χ3n) is 3.74. The van der Waals surface area contributed by atoms with Gasteiger partial charge >= 0.3 is 0 Å². The van der Waals surface area contributed by atoms with Crippen molar-refractivity contribution in [1.29, 1.82) is 0 Å². The molecule has 2 aromatic carbocycles. The number of hydrogen-bond acceptors (Lipinski definition) is 2. The molecule has 0 saturated carbocycles. The van der Waals surface area contributed by atoms with E-state index in [1.54, 1.807) is 11.3 Å². The summed E-state index contributed by atoms with van der Waals surface area (Å²) in [6.07, 6.45) is 0. The first-order chi connectivity index (χ1) is 9.10. The minimum Gasteiger partial charge on any atom is -0.318 e. The third kappa shape index (κ3) is 1.97. The van der Waals surface area contributed by atoms with Gasteiger partial charge in [-0.15, -0.1) is 11.3 Å². The fourth-order valence-electron chi connectivity index (χ4n) is 2.70. The van der Waals surface area contributed by atoms with Crippen molar-refractivity contribution < 1.29 is 0 Å². The minimum atomic E-state index is -0.463. The van der Waals surface area contributed by atoms with Crippen molar-refractivity contribution in [3.8, 4) is 0 Å². The van der Waals surface area contributed by atoms with Crippen LogP contribution < -0.4 is 5.73 Å². The maximum atomic E-state index is 6.69. The van der Waals surface area contributed by atoms with E-state index in [1.165, 1.54) is 26.8 Å². The van der Waals surface area contributed by atoms with Gasteiger partial charge in [0.2, 0.25) is 0 Å². The summed E-state index contributed by atoms with van der Waals surface area (Å²) < 4.78 is 1.29. The van der Waals surface area contributed by atoms with Crippen molar-refractivity contribution in [1.82, 2.24) is 0 Å². The lowest BCUT2D eigenvalue weighted by molar-refractivity contribution is 0.605. The monoisotopic (exact) mass is 267 g/mol. The van der Waals surface area contributed by atoms with Gasteiger partial charge in [-0.25, -0.2) is 0 Å². The van der Waals surface area contributed by atoms with Crippen LogP contribution in [0.1, 0.15) is 23.6 Å². The number of thiophene rings is 1. The minimum absolute atomic E-state index is 0.463. The quantitative estimate of drug-likeness (QED) is 0.730. The zero-order valence-electron chi connectivity index (χ0n) is 11.2. The van der Waals surface area contributed by atoms with Crippen molar-refractivity contribution in [3.63, 3.8) is 0 Å². The van der Waals surface area contributed by atoms with Crippen molar-refractivity contribution in [2.24, 2.45) is 5.73 Å².